The first-order valence-corrected chi connectivity index (χ1v) is 50.3. The molecule has 30 N–H and O–H groups in total. The van der Waals surface area contributed by atoms with Gasteiger partial charge in [0.15, 0.2) is 0 Å². The van der Waals surface area contributed by atoms with Gasteiger partial charge in [0.2, 0.25) is 118 Å². The summed E-state index contributed by atoms with van der Waals surface area (Å²) in [7, 11) is 0. The molecule has 0 aliphatic heterocycles. The number of aliphatic hydroxyl groups excluding tert-OH is 3. The molecule has 53 heteroatoms. The van der Waals surface area contributed by atoms with E-state index in [1.54, 1.807) is 106 Å². The minimum Gasteiger partial charge on any atom is -0.481 e. The van der Waals surface area contributed by atoms with Crippen LogP contribution < -0.4 is 112 Å². The normalized spacial score (nSPS) is 15.7. The molecule has 0 aliphatic carbocycles. The molecule has 0 saturated heterocycles. The zero-order valence-corrected chi connectivity index (χ0v) is 88.5. The molecule has 0 unspecified atom stereocenters. The second-order valence-corrected chi connectivity index (χ2v) is 40.4. The van der Waals surface area contributed by atoms with E-state index >= 15 is 0 Å². The predicted molar refractivity (Wildman–Crippen MR) is 535 cm³/mol. The molecule has 0 spiro atoms. The summed E-state index contributed by atoms with van der Waals surface area (Å²) >= 11 is 1.34. The molecule has 0 aromatic heterocycles. The Morgan fingerprint density at radius 2 is 0.541 bits per heavy atom. The van der Waals surface area contributed by atoms with Crippen LogP contribution in [0.3, 0.4) is 0 Å². The maximum atomic E-state index is 14.5. The number of hydrogen-bond donors (Lipinski definition) is 28. The lowest BCUT2D eigenvalue weighted by molar-refractivity contribution is -0.142. The van der Waals surface area contributed by atoms with Crippen molar-refractivity contribution in [1.29, 1.82) is 0 Å². The minimum atomic E-state index is -1.97. The lowest BCUT2D eigenvalue weighted by Crippen LogP contribution is -2.63. The molecule has 21 atom stereocenters. The molecule has 0 aliphatic rings. The number of nitrogens with one attached hydrogen (secondary N) is 19. The van der Waals surface area contributed by atoms with Crippen molar-refractivity contribution < 1.29 is 151 Å². The smallest absolute Gasteiger partial charge is 0.326 e. The number of thioether (sulfide) groups is 1. The topological polar surface area (TPSA) is 832 Å². The number of aliphatic hydroxyl groups is 3. The Labute approximate surface area is 864 Å². The number of rotatable bonds is 69. The number of carbonyl (C=O) groups is 24. The minimum absolute atomic E-state index is 0.0484. The van der Waals surface area contributed by atoms with E-state index in [-0.39, 0.29) is 44.4 Å². The average molecular weight is 2120 g/mol. The number of primary amides is 1. The summed E-state index contributed by atoms with van der Waals surface area (Å²) in [6.45, 7) is 27.7. The quantitative estimate of drug-likeness (QED) is 0.0289. The van der Waals surface area contributed by atoms with E-state index in [1.165, 1.54) is 67.2 Å². The van der Waals surface area contributed by atoms with E-state index in [4.69, 9.17) is 16.6 Å². The van der Waals surface area contributed by atoms with Crippen molar-refractivity contribution in [3.05, 3.63) is 35.9 Å². The number of carboxylic acids is 4. The largest absolute Gasteiger partial charge is 0.481 e. The van der Waals surface area contributed by atoms with Crippen LogP contribution in [0, 0.1) is 47.3 Å². The predicted octanol–water partition coefficient (Wildman–Crippen LogP) is -6.08. The van der Waals surface area contributed by atoms with Crippen LogP contribution in [0.25, 0.3) is 0 Å². The summed E-state index contributed by atoms with van der Waals surface area (Å²) < 4.78 is 0. The zero-order valence-electron chi connectivity index (χ0n) is 87.7. The highest BCUT2D eigenvalue weighted by atomic mass is 32.2. The number of carbonyl (C=O) groups excluding carboxylic acids is 20. The standard InChI is InChI=1S/C95H157N21O31S/c1-42(2)33-59(105-83(134)60(34-43(3)4)108-94(145)75(53(20)119)116-86(137)62(36-45(7)8)107-93(144)74(49(15)16)115-87(138)64(39-67(97)120)104-77(128)50(17)98-79(130)55(96)38-70(125)126)84(135)111-66(41-118)89(140)102-57(28-30-69(123)124)81(132)114-73(48(13)14)92(143)106-61(35-44(5)6)85(136)110-65(40-117)88(139)100-52(19)78(129)112-71(46(9)10)91(142)109-63(37-54-25-23-22-24-26-54)82(133)99-51(18)76(127)101-56(27-29-68(121)122)80(131)113-72(47(11)12)90(141)103-58(95(146)147)31-32-148-21/h22-26,42-53,55-66,71-75,117-119H,27-41,96H2,1-21H3,(H2,97,120)(H,98,130)(H,99,133)(H,100,139)(H,101,127)(H,102,140)(H,103,141)(H,104,128)(H,105,134)(H,106,143)(H,107,144)(H,108,145)(H,109,142)(H,110,136)(H,111,135)(H,112,129)(H,113,131)(H,114,132)(H,115,138)(H,116,137)(H,121,122)(H,123,124)(H,125,126)(H,146,147)/t50-,51-,52-,53+,55-,56-,57-,58-,59-,60-,61-,62-,63-,64-,65-,66-,71-,72-,73-,74-,75-/m0/s1. The number of benzene rings is 1. The maximum absolute atomic E-state index is 14.5. The molecule has 1 aromatic carbocycles. The SMILES string of the molecule is CSCC[C@H](NC(=O)[C@@H](NC(=O)[C@H](CCC(=O)O)NC(=O)[C@H](C)NC(=O)[C@H](Cc1ccccc1)NC(=O)[C@@H](NC(=O)[C@H](C)NC(=O)[C@H](CO)NC(=O)[C@H](CC(C)C)NC(=O)[C@@H](NC(=O)[C@H](CCC(=O)O)NC(=O)[C@H](CO)NC(=O)[C@H](CC(C)C)NC(=O)[C@H](CC(C)C)NC(=O)[C@@H](NC(=O)[C@H](CC(C)C)NC(=O)[C@@H](NC(=O)[C@H](CC(N)=O)NC(=O)[C@H](C)NC(=O)[C@@H](N)CC(=O)O)C(C)C)[C@@H](C)O)C(C)C)C(C)C)C(C)C)C(=O)O. The van der Waals surface area contributed by atoms with Crippen LogP contribution in [0.5, 0.6) is 0 Å². The Hall–Kier alpha value is -13.3. The molecule has 0 saturated carbocycles. The van der Waals surface area contributed by atoms with Crippen molar-refractivity contribution in [2.75, 3.05) is 25.2 Å². The Kier molecular flexibility index (Phi) is 59.3. The number of amides is 20. The third-order valence-electron chi connectivity index (χ3n) is 22.8. The number of hydrogen-bond acceptors (Lipinski definition) is 29. The lowest BCUT2D eigenvalue weighted by Gasteiger charge is -2.30. The van der Waals surface area contributed by atoms with Crippen LogP contribution >= 0.6 is 11.8 Å². The van der Waals surface area contributed by atoms with Gasteiger partial charge >= 0.3 is 23.9 Å². The van der Waals surface area contributed by atoms with Crippen molar-refractivity contribution in [1.82, 2.24) is 101 Å². The van der Waals surface area contributed by atoms with E-state index in [0.717, 1.165) is 13.8 Å². The van der Waals surface area contributed by atoms with Crippen LogP contribution in [0.1, 0.15) is 215 Å². The number of nitrogens with two attached hydrogens (primary N) is 2. The van der Waals surface area contributed by atoms with Gasteiger partial charge in [0.1, 0.15) is 115 Å². The Bertz CT molecular complexity index is 4700. The van der Waals surface area contributed by atoms with Crippen molar-refractivity contribution in [3.8, 4) is 0 Å². The summed E-state index contributed by atoms with van der Waals surface area (Å²) in [6, 6.07) is -23.9. The third-order valence-corrected chi connectivity index (χ3v) is 23.4. The van der Waals surface area contributed by atoms with Gasteiger partial charge in [-0.25, -0.2) is 4.79 Å². The van der Waals surface area contributed by atoms with E-state index in [0.29, 0.717) is 11.3 Å². The first kappa shape index (κ1) is 133. The van der Waals surface area contributed by atoms with E-state index in [9.17, 15) is 146 Å². The van der Waals surface area contributed by atoms with E-state index in [1.807, 2.05) is 0 Å². The molecule has 1 aromatic rings. The molecule has 0 bridgehead atoms. The Balaban J connectivity index is 3.52. The second kappa shape index (κ2) is 66.1. The molecule has 834 valence electrons. The molecule has 0 heterocycles. The van der Waals surface area contributed by atoms with Gasteiger partial charge in [-0.2, -0.15) is 11.8 Å². The van der Waals surface area contributed by atoms with Gasteiger partial charge in [-0.15, -0.1) is 0 Å². The summed E-state index contributed by atoms with van der Waals surface area (Å²) in [5.74, 6) is -31.2. The Morgan fingerprint density at radius 1 is 0.284 bits per heavy atom. The van der Waals surface area contributed by atoms with Gasteiger partial charge in [-0.05, 0) is 138 Å². The highest BCUT2D eigenvalue weighted by molar-refractivity contribution is 7.98. The third kappa shape index (κ3) is 49.0. The van der Waals surface area contributed by atoms with Crippen LogP contribution in [0.4, 0.5) is 0 Å². The molecule has 0 radical (unpaired) electrons. The first-order chi connectivity index (χ1) is 68.8. The summed E-state index contributed by atoms with van der Waals surface area (Å²) in [5.41, 5.74) is 11.5. The van der Waals surface area contributed by atoms with Crippen LogP contribution in [0.2, 0.25) is 0 Å². The van der Waals surface area contributed by atoms with Crippen molar-refractivity contribution in [3.63, 3.8) is 0 Å². The molecule has 148 heavy (non-hydrogen) atoms. The summed E-state index contributed by atoms with van der Waals surface area (Å²) in [6.07, 6.45) is -5.10. The molecule has 52 nitrogen and oxygen atoms in total. The summed E-state index contributed by atoms with van der Waals surface area (Å²) in [4.78, 5) is 325. The van der Waals surface area contributed by atoms with Crippen LogP contribution in [0.15, 0.2) is 30.3 Å². The highest BCUT2D eigenvalue weighted by Gasteiger charge is 2.43. The lowest BCUT2D eigenvalue weighted by atomic mass is 9.98. The fraction of sp³-hybridized carbons (Fsp3) is 0.684. The molecular formula is C95H157N21O31S. The van der Waals surface area contributed by atoms with Gasteiger partial charge in [0.05, 0.1) is 38.2 Å². The Morgan fingerprint density at radius 3 is 0.858 bits per heavy atom. The highest BCUT2D eigenvalue weighted by Crippen LogP contribution is 2.19. The zero-order chi connectivity index (χ0) is 113. The van der Waals surface area contributed by atoms with Crippen molar-refractivity contribution in [2.24, 2.45) is 58.8 Å². The molecule has 20 amide bonds. The monoisotopic (exact) mass is 2120 g/mol. The molecule has 0 fully saturated rings. The molecular weight excluding hydrogens is 1960 g/mol. The number of carboxylic acid groups (broad SMARTS) is 4. The van der Waals surface area contributed by atoms with E-state index in [2.05, 4.69) is 101 Å². The van der Waals surface area contributed by atoms with Gasteiger partial charge in [-0.1, -0.05) is 141 Å². The summed E-state index contributed by atoms with van der Waals surface area (Å²) in [5, 5.41) is 116. The van der Waals surface area contributed by atoms with Gasteiger partial charge in [-0.3, -0.25) is 110 Å². The van der Waals surface area contributed by atoms with Crippen LogP contribution in [-0.2, 0) is 121 Å². The van der Waals surface area contributed by atoms with Crippen molar-refractivity contribution >= 4 is 154 Å². The fourth-order valence-corrected chi connectivity index (χ4v) is 15.0. The number of aliphatic carboxylic acids is 4. The van der Waals surface area contributed by atoms with Crippen LogP contribution in [-0.4, -0.2) is 330 Å². The van der Waals surface area contributed by atoms with Gasteiger partial charge < -0.3 is 148 Å². The van der Waals surface area contributed by atoms with E-state index < -0.39 is 362 Å². The first-order valence-electron chi connectivity index (χ1n) is 48.9. The maximum Gasteiger partial charge on any atom is 0.326 e. The van der Waals surface area contributed by atoms with Gasteiger partial charge in [0, 0.05) is 19.3 Å². The average Bonchev–Trinajstić information content (AvgIpc) is 0.862. The molecule has 1 rings (SSSR count). The van der Waals surface area contributed by atoms with Crippen molar-refractivity contribution in [2.45, 2.75) is 342 Å². The fourth-order valence-electron chi connectivity index (χ4n) is 14.5. The second-order valence-electron chi connectivity index (χ2n) is 39.4. The van der Waals surface area contributed by atoms with Gasteiger partial charge in [0.25, 0.3) is 0 Å².